The van der Waals surface area contributed by atoms with E-state index in [1.165, 1.54) is 12.7 Å². The van der Waals surface area contributed by atoms with Crippen LogP contribution in [0.15, 0.2) is 30.3 Å². The fraction of sp³-hybridized carbons (Fsp3) is 0.562. The lowest BCUT2D eigenvalue weighted by molar-refractivity contribution is -0.148. The number of likely N-dealkylation sites (N-methyl/N-ethyl adjacent to an activating group) is 1. The highest BCUT2D eigenvalue weighted by Gasteiger charge is 2.45. The van der Waals surface area contributed by atoms with Crippen LogP contribution in [0.5, 0.6) is 0 Å². The molecule has 0 amide bonds. The number of carbonyl (C=O) groups excluding carboxylic acids is 1. The molecule has 1 aromatic rings. The molecule has 0 spiro atoms. The van der Waals surface area contributed by atoms with Gasteiger partial charge in [0.25, 0.3) is 0 Å². The summed E-state index contributed by atoms with van der Waals surface area (Å²) in [5, 5.41) is 3.87. The molecule has 4 heteroatoms. The highest BCUT2D eigenvalue weighted by atomic mass is 32.2. The van der Waals surface area contributed by atoms with E-state index in [1.54, 1.807) is 0 Å². The molecule has 110 valence electrons. The van der Waals surface area contributed by atoms with Gasteiger partial charge in [0.15, 0.2) is 0 Å². The molecular formula is C16H23NO2S. The first kappa shape index (κ1) is 15.4. The van der Waals surface area contributed by atoms with Crippen molar-refractivity contribution in [3.05, 3.63) is 35.9 Å². The number of methoxy groups -OCH3 is 1. The maximum atomic E-state index is 12.1. The minimum Gasteiger partial charge on any atom is -0.468 e. The van der Waals surface area contributed by atoms with E-state index in [9.17, 15) is 4.79 Å². The van der Waals surface area contributed by atoms with Crippen molar-refractivity contribution >= 4 is 17.7 Å². The van der Waals surface area contributed by atoms with E-state index in [2.05, 4.69) is 29.6 Å². The number of ether oxygens (including phenoxy) is 1. The van der Waals surface area contributed by atoms with Crippen LogP contribution in [0.3, 0.4) is 0 Å². The third-order valence-electron chi connectivity index (χ3n) is 3.89. The van der Waals surface area contributed by atoms with E-state index in [0.717, 1.165) is 31.6 Å². The second kappa shape index (κ2) is 7.14. The number of hydrogen-bond donors (Lipinski definition) is 1. The molecule has 0 aliphatic heterocycles. The van der Waals surface area contributed by atoms with E-state index in [0.29, 0.717) is 5.25 Å². The van der Waals surface area contributed by atoms with Crippen molar-refractivity contribution < 1.29 is 9.53 Å². The summed E-state index contributed by atoms with van der Waals surface area (Å²) in [6, 6.07) is 10.5. The maximum absolute atomic E-state index is 12.1. The van der Waals surface area contributed by atoms with Gasteiger partial charge in [-0.05, 0) is 31.4 Å². The molecule has 1 aliphatic carbocycles. The normalized spacial score (nSPS) is 25.6. The molecule has 2 atom stereocenters. The van der Waals surface area contributed by atoms with Gasteiger partial charge in [0, 0.05) is 11.0 Å². The first-order chi connectivity index (χ1) is 9.70. The van der Waals surface area contributed by atoms with Crippen LogP contribution in [-0.2, 0) is 15.3 Å². The average molecular weight is 293 g/mol. The molecule has 1 aliphatic rings. The quantitative estimate of drug-likeness (QED) is 0.818. The fourth-order valence-corrected chi connectivity index (χ4v) is 4.19. The van der Waals surface area contributed by atoms with Crippen LogP contribution in [-0.4, -0.2) is 30.4 Å². The number of benzene rings is 1. The van der Waals surface area contributed by atoms with E-state index < -0.39 is 5.54 Å². The van der Waals surface area contributed by atoms with Gasteiger partial charge in [-0.2, -0.15) is 11.8 Å². The van der Waals surface area contributed by atoms with Crippen LogP contribution < -0.4 is 5.32 Å². The average Bonchev–Trinajstić information content (AvgIpc) is 2.90. The highest BCUT2D eigenvalue weighted by Crippen LogP contribution is 2.39. The van der Waals surface area contributed by atoms with Crippen LogP contribution >= 0.6 is 11.8 Å². The lowest BCUT2D eigenvalue weighted by atomic mass is 9.98. The second-order valence-corrected chi connectivity index (χ2v) is 6.55. The summed E-state index contributed by atoms with van der Waals surface area (Å²) in [6.45, 7) is 2.83. The van der Waals surface area contributed by atoms with Gasteiger partial charge in [0.2, 0.25) is 0 Å². The van der Waals surface area contributed by atoms with Crippen LogP contribution in [0.2, 0.25) is 0 Å². The third-order valence-corrected chi connectivity index (χ3v) is 5.26. The minimum absolute atomic E-state index is 0.109. The molecule has 2 unspecified atom stereocenters. The molecule has 0 aromatic heterocycles. The zero-order valence-corrected chi connectivity index (χ0v) is 13.0. The van der Waals surface area contributed by atoms with Crippen molar-refractivity contribution in [1.82, 2.24) is 5.32 Å². The van der Waals surface area contributed by atoms with Crippen molar-refractivity contribution in [3.8, 4) is 0 Å². The first-order valence-electron chi connectivity index (χ1n) is 7.19. The molecule has 1 fully saturated rings. The van der Waals surface area contributed by atoms with Gasteiger partial charge in [-0.25, -0.2) is 0 Å². The van der Waals surface area contributed by atoms with Crippen molar-refractivity contribution in [2.45, 2.75) is 42.7 Å². The van der Waals surface area contributed by atoms with Crippen LogP contribution in [0.25, 0.3) is 0 Å². The molecular weight excluding hydrogens is 270 g/mol. The summed E-state index contributed by atoms with van der Waals surface area (Å²) in [5.41, 5.74) is 0.884. The molecule has 1 aromatic carbocycles. The Hall–Kier alpha value is -1.00. The maximum Gasteiger partial charge on any atom is 0.326 e. The Labute approximate surface area is 125 Å². The van der Waals surface area contributed by atoms with Gasteiger partial charge >= 0.3 is 5.97 Å². The Morgan fingerprint density at radius 3 is 2.85 bits per heavy atom. The largest absolute Gasteiger partial charge is 0.468 e. The van der Waals surface area contributed by atoms with Gasteiger partial charge < -0.3 is 10.1 Å². The molecule has 2 rings (SSSR count). The standard InChI is InChI=1S/C16H23NO2S/c1-3-17-16(15(18)19-2)10-9-14(11-16)20-12-13-7-5-4-6-8-13/h4-8,14,17H,3,9-12H2,1-2H3. The Morgan fingerprint density at radius 1 is 1.45 bits per heavy atom. The number of hydrogen-bond acceptors (Lipinski definition) is 4. The SMILES string of the molecule is CCNC1(C(=O)OC)CCC(SCc2ccccc2)C1. The lowest BCUT2D eigenvalue weighted by Gasteiger charge is -2.27. The van der Waals surface area contributed by atoms with Gasteiger partial charge in [-0.15, -0.1) is 0 Å². The zero-order chi connectivity index (χ0) is 14.4. The molecule has 0 saturated heterocycles. The summed E-state index contributed by atoms with van der Waals surface area (Å²) >= 11 is 1.95. The van der Waals surface area contributed by atoms with Crippen LogP contribution in [0.4, 0.5) is 0 Å². The fourth-order valence-electron chi connectivity index (χ4n) is 2.88. The summed E-state index contributed by atoms with van der Waals surface area (Å²) in [7, 11) is 1.48. The lowest BCUT2D eigenvalue weighted by Crippen LogP contribution is -2.50. The topological polar surface area (TPSA) is 38.3 Å². The zero-order valence-electron chi connectivity index (χ0n) is 12.2. The minimum atomic E-state index is -0.460. The highest BCUT2D eigenvalue weighted by molar-refractivity contribution is 7.99. The molecule has 0 heterocycles. The Kier molecular flexibility index (Phi) is 5.49. The Balaban J connectivity index is 1.91. The summed E-state index contributed by atoms with van der Waals surface area (Å²) < 4.78 is 4.99. The van der Waals surface area contributed by atoms with Gasteiger partial charge in [-0.3, -0.25) is 4.79 Å². The van der Waals surface area contributed by atoms with E-state index >= 15 is 0 Å². The van der Waals surface area contributed by atoms with Gasteiger partial charge in [0.1, 0.15) is 5.54 Å². The van der Waals surface area contributed by atoms with E-state index in [1.807, 2.05) is 24.8 Å². The van der Waals surface area contributed by atoms with Crippen molar-refractivity contribution in [2.24, 2.45) is 0 Å². The predicted octanol–water partition coefficient (Wildman–Crippen LogP) is 2.99. The molecule has 3 nitrogen and oxygen atoms in total. The number of nitrogens with one attached hydrogen (secondary N) is 1. The van der Waals surface area contributed by atoms with Crippen molar-refractivity contribution in [2.75, 3.05) is 13.7 Å². The van der Waals surface area contributed by atoms with Crippen LogP contribution in [0.1, 0.15) is 31.7 Å². The predicted molar refractivity (Wildman–Crippen MR) is 83.8 cm³/mol. The summed E-state index contributed by atoms with van der Waals surface area (Å²) in [6.07, 6.45) is 2.81. The van der Waals surface area contributed by atoms with Crippen molar-refractivity contribution in [3.63, 3.8) is 0 Å². The summed E-state index contributed by atoms with van der Waals surface area (Å²) in [5.74, 6) is 0.900. The number of rotatable bonds is 6. The van der Waals surface area contributed by atoms with Crippen LogP contribution in [0, 0.1) is 0 Å². The Bertz CT molecular complexity index is 437. The smallest absolute Gasteiger partial charge is 0.326 e. The number of carbonyl (C=O) groups is 1. The van der Waals surface area contributed by atoms with Crippen molar-refractivity contribution in [1.29, 1.82) is 0 Å². The monoisotopic (exact) mass is 293 g/mol. The summed E-state index contributed by atoms with van der Waals surface area (Å²) in [4.78, 5) is 12.1. The van der Waals surface area contributed by atoms with Gasteiger partial charge in [0.05, 0.1) is 7.11 Å². The van der Waals surface area contributed by atoms with E-state index in [4.69, 9.17) is 4.74 Å². The second-order valence-electron chi connectivity index (χ2n) is 5.27. The first-order valence-corrected chi connectivity index (χ1v) is 8.24. The van der Waals surface area contributed by atoms with Gasteiger partial charge in [-0.1, -0.05) is 37.3 Å². The third kappa shape index (κ3) is 3.55. The molecule has 20 heavy (non-hydrogen) atoms. The molecule has 1 N–H and O–H groups in total. The molecule has 0 radical (unpaired) electrons. The van der Waals surface area contributed by atoms with E-state index in [-0.39, 0.29) is 5.97 Å². The molecule has 1 saturated carbocycles. The number of thioether (sulfide) groups is 1. The molecule has 0 bridgehead atoms. The Morgan fingerprint density at radius 2 is 2.20 bits per heavy atom. The number of esters is 1.